The number of carbonyl (C=O) groups excluding carboxylic acids is 2. The Balaban J connectivity index is 0.00000300. The van der Waals surface area contributed by atoms with Gasteiger partial charge in [-0.2, -0.15) is 5.10 Å². The van der Waals surface area contributed by atoms with Gasteiger partial charge in [0.05, 0.1) is 11.8 Å². The van der Waals surface area contributed by atoms with E-state index in [-0.39, 0.29) is 30.8 Å². The SMILES string of the molecule is Cl.O=C(Cn1cc(C(=O)NCCNC2CCCCCC2)cn1)NC1CCCCC1. The topological polar surface area (TPSA) is 88.1 Å². The summed E-state index contributed by atoms with van der Waals surface area (Å²) in [7, 11) is 0. The van der Waals surface area contributed by atoms with Crippen molar-refractivity contribution in [1.29, 1.82) is 0 Å². The molecule has 0 spiro atoms. The van der Waals surface area contributed by atoms with Gasteiger partial charge in [-0.1, -0.05) is 44.9 Å². The molecular formula is C21H36ClN5O2. The zero-order chi connectivity index (χ0) is 19.6. The molecule has 7 nitrogen and oxygen atoms in total. The van der Waals surface area contributed by atoms with Gasteiger partial charge in [-0.3, -0.25) is 14.3 Å². The Labute approximate surface area is 180 Å². The summed E-state index contributed by atoms with van der Waals surface area (Å²) in [6, 6.07) is 0.880. The molecule has 1 heterocycles. The van der Waals surface area contributed by atoms with Crippen LogP contribution in [-0.2, 0) is 11.3 Å². The number of hydrogen-bond acceptors (Lipinski definition) is 4. The van der Waals surface area contributed by atoms with Crippen LogP contribution in [0.1, 0.15) is 81.0 Å². The van der Waals surface area contributed by atoms with E-state index in [0.29, 0.717) is 24.2 Å². The summed E-state index contributed by atoms with van der Waals surface area (Å²) in [5.41, 5.74) is 0.500. The molecular weight excluding hydrogens is 390 g/mol. The zero-order valence-corrected chi connectivity index (χ0v) is 18.1. The van der Waals surface area contributed by atoms with Gasteiger partial charge >= 0.3 is 0 Å². The maximum Gasteiger partial charge on any atom is 0.254 e. The van der Waals surface area contributed by atoms with E-state index in [0.717, 1.165) is 19.4 Å². The van der Waals surface area contributed by atoms with Gasteiger partial charge in [-0.25, -0.2) is 0 Å². The molecule has 0 unspecified atom stereocenters. The Bertz CT molecular complexity index is 622. The molecule has 0 aliphatic heterocycles. The van der Waals surface area contributed by atoms with Crippen molar-refractivity contribution in [2.24, 2.45) is 0 Å². The minimum absolute atomic E-state index is 0. The fourth-order valence-corrected chi connectivity index (χ4v) is 4.27. The van der Waals surface area contributed by atoms with E-state index in [2.05, 4.69) is 21.0 Å². The van der Waals surface area contributed by atoms with Gasteiger partial charge in [0.15, 0.2) is 0 Å². The highest BCUT2D eigenvalue weighted by molar-refractivity contribution is 5.93. The predicted molar refractivity (Wildman–Crippen MR) is 116 cm³/mol. The first-order chi connectivity index (χ1) is 13.7. The molecule has 2 aliphatic rings. The number of halogens is 1. The van der Waals surface area contributed by atoms with Crippen LogP contribution in [0.4, 0.5) is 0 Å². The third kappa shape index (κ3) is 8.34. The molecule has 2 amide bonds. The van der Waals surface area contributed by atoms with Gasteiger partial charge in [0.2, 0.25) is 5.91 Å². The Morgan fingerprint density at radius 1 is 0.931 bits per heavy atom. The van der Waals surface area contributed by atoms with Gasteiger partial charge in [-0.15, -0.1) is 12.4 Å². The summed E-state index contributed by atoms with van der Waals surface area (Å²) < 4.78 is 1.54. The highest BCUT2D eigenvalue weighted by atomic mass is 35.5. The number of carbonyl (C=O) groups is 2. The maximum atomic E-state index is 12.3. The van der Waals surface area contributed by atoms with E-state index in [1.54, 1.807) is 6.20 Å². The fraction of sp³-hybridized carbons (Fsp3) is 0.762. The van der Waals surface area contributed by atoms with E-state index < -0.39 is 0 Å². The summed E-state index contributed by atoms with van der Waals surface area (Å²) in [5, 5.41) is 13.7. The van der Waals surface area contributed by atoms with E-state index in [1.807, 2.05) is 0 Å². The second-order valence-corrected chi connectivity index (χ2v) is 8.23. The molecule has 8 heteroatoms. The first kappa shape index (κ1) is 23.7. The van der Waals surface area contributed by atoms with Crippen LogP contribution >= 0.6 is 12.4 Å². The Hall–Kier alpha value is -1.60. The Kier molecular flexibility index (Phi) is 10.5. The summed E-state index contributed by atoms with van der Waals surface area (Å²) in [4.78, 5) is 24.4. The second-order valence-electron chi connectivity index (χ2n) is 8.23. The molecule has 0 atom stereocenters. The number of rotatable bonds is 8. The molecule has 0 bridgehead atoms. The number of hydrogen-bond donors (Lipinski definition) is 3. The van der Waals surface area contributed by atoms with E-state index >= 15 is 0 Å². The average molecular weight is 426 g/mol. The van der Waals surface area contributed by atoms with Crippen molar-refractivity contribution < 1.29 is 9.59 Å². The standard InChI is InChI=1S/C21H35N5O2.ClH/c27-20(25-19-10-6-3-7-11-19)16-26-15-17(14-24-26)21(28)23-13-12-22-18-8-4-1-2-5-9-18;/h14-15,18-19,22H,1-13,16H2,(H,23,28)(H,25,27);1H. The molecule has 2 fully saturated rings. The van der Waals surface area contributed by atoms with Crippen LogP contribution in [0.25, 0.3) is 0 Å². The third-order valence-corrected chi connectivity index (χ3v) is 5.87. The molecule has 3 N–H and O–H groups in total. The first-order valence-electron chi connectivity index (χ1n) is 11.0. The molecule has 1 aromatic rings. The molecule has 3 rings (SSSR count). The normalized spacial score (nSPS) is 18.5. The van der Waals surface area contributed by atoms with Gasteiger partial charge < -0.3 is 16.0 Å². The molecule has 2 aliphatic carbocycles. The van der Waals surface area contributed by atoms with Crippen molar-refractivity contribution >= 4 is 24.2 Å². The first-order valence-corrected chi connectivity index (χ1v) is 11.0. The maximum absolute atomic E-state index is 12.3. The molecule has 1 aromatic heterocycles. The lowest BCUT2D eigenvalue weighted by Gasteiger charge is -2.22. The number of aromatic nitrogens is 2. The van der Waals surface area contributed by atoms with E-state index in [4.69, 9.17) is 0 Å². The molecule has 0 radical (unpaired) electrons. The van der Waals surface area contributed by atoms with Crippen LogP contribution in [0, 0.1) is 0 Å². The Morgan fingerprint density at radius 3 is 2.24 bits per heavy atom. The van der Waals surface area contributed by atoms with Crippen molar-refractivity contribution in [3.05, 3.63) is 18.0 Å². The lowest BCUT2D eigenvalue weighted by Crippen LogP contribution is -2.38. The summed E-state index contributed by atoms with van der Waals surface area (Å²) in [6.07, 6.45) is 16.7. The molecule has 2 saturated carbocycles. The van der Waals surface area contributed by atoms with Crippen LogP contribution in [0.15, 0.2) is 12.4 Å². The Morgan fingerprint density at radius 2 is 1.55 bits per heavy atom. The minimum Gasteiger partial charge on any atom is -0.352 e. The number of nitrogens with zero attached hydrogens (tertiary/aromatic N) is 2. The summed E-state index contributed by atoms with van der Waals surface area (Å²) in [6.45, 7) is 1.55. The van der Waals surface area contributed by atoms with Crippen molar-refractivity contribution in [3.63, 3.8) is 0 Å². The van der Waals surface area contributed by atoms with Gasteiger partial charge in [-0.05, 0) is 25.7 Å². The predicted octanol–water partition coefficient (Wildman–Crippen LogP) is 2.80. The van der Waals surface area contributed by atoms with Crippen molar-refractivity contribution in [1.82, 2.24) is 25.7 Å². The van der Waals surface area contributed by atoms with Crippen LogP contribution in [0.2, 0.25) is 0 Å². The molecule has 29 heavy (non-hydrogen) atoms. The minimum atomic E-state index is -0.137. The van der Waals surface area contributed by atoms with Crippen molar-refractivity contribution in [2.45, 2.75) is 89.3 Å². The quantitative estimate of drug-likeness (QED) is 0.441. The van der Waals surface area contributed by atoms with E-state index in [9.17, 15) is 9.59 Å². The van der Waals surface area contributed by atoms with Gasteiger partial charge in [0.1, 0.15) is 6.54 Å². The molecule has 164 valence electrons. The van der Waals surface area contributed by atoms with Crippen LogP contribution in [0.5, 0.6) is 0 Å². The van der Waals surface area contributed by atoms with Crippen LogP contribution in [0.3, 0.4) is 0 Å². The van der Waals surface area contributed by atoms with Crippen LogP contribution < -0.4 is 16.0 Å². The summed E-state index contributed by atoms with van der Waals surface area (Å²) in [5.74, 6) is -0.170. The van der Waals surface area contributed by atoms with Gasteiger partial charge in [0.25, 0.3) is 5.91 Å². The molecule has 0 saturated heterocycles. The number of nitrogens with one attached hydrogen (secondary N) is 3. The fourth-order valence-electron chi connectivity index (χ4n) is 4.27. The average Bonchev–Trinajstić information content (AvgIpc) is 3.00. The highest BCUT2D eigenvalue weighted by Gasteiger charge is 2.17. The zero-order valence-electron chi connectivity index (χ0n) is 17.3. The largest absolute Gasteiger partial charge is 0.352 e. The van der Waals surface area contributed by atoms with E-state index in [1.165, 1.54) is 68.7 Å². The van der Waals surface area contributed by atoms with Crippen molar-refractivity contribution in [2.75, 3.05) is 13.1 Å². The lowest BCUT2D eigenvalue weighted by atomic mass is 9.95. The number of amides is 2. The third-order valence-electron chi connectivity index (χ3n) is 5.87. The smallest absolute Gasteiger partial charge is 0.254 e. The highest BCUT2D eigenvalue weighted by Crippen LogP contribution is 2.17. The van der Waals surface area contributed by atoms with Crippen LogP contribution in [-0.4, -0.2) is 46.8 Å². The second kappa shape index (κ2) is 12.9. The monoisotopic (exact) mass is 425 g/mol. The molecule has 0 aromatic carbocycles. The summed E-state index contributed by atoms with van der Waals surface area (Å²) >= 11 is 0. The van der Waals surface area contributed by atoms with Crippen molar-refractivity contribution in [3.8, 4) is 0 Å². The van der Waals surface area contributed by atoms with Gasteiger partial charge in [0, 0.05) is 31.4 Å². The lowest BCUT2D eigenvalue weighted by molar-refractivity contribution is -0.122.